The molecule has 1 aromatic carbocycles. The normalized spacial score (nSPS) is 12.6. The molecule has 1 nitrogen and oxygen atoms in total. The van der Waals surface area contributed by atoms with Crippen LogP contribution >= 0.6 is 27.3 Å². The van der Waals surface area contributed by atoms with E-state index in [1.54, 1.807) is 7.11 Å². The lowest BCUT2D eigenvalue weighted by molar-refractivity contribution is 0.202. The molecule has 1 aromatic heterocycles. The fraction of sp³-hybridized carbons (Fsp3) is 0.375. The highest BCUT2D eigenvalue weighted by molar-refractivity contribution is 9.09. The van der Waals surface area contributed by atoms with Crippen molar-refractivity contribution < 1.29 is 4.74 Å². The number of hydrogen-bond donors (Lipinski definition) is 0. The Morgan fingerprint density at radius 2 is 1.89 bits per heavy atom. The van der Waals surface area contributed by atoms with Crippen molar-refractivity contribution in [2.45, 2.75) is 24.6 Å². The Kier molecular flexibility index (Phi) is 5.61. The fourth-order valence-corrected chi connectivity index (χ4v) is 3.66. The molecule has 19 heavy (non-hydrogen) atoms. The Morgan fingerprint density at radius 3 is 2.47 bits per heavy atom. The van der Waals surface area contributed by atoms with Crippen LogP contribution in [0.1, 0.15) is 32.6 Å². The predicted molar refractivity (Wildman–Crippen MR) is 86.5 cm³/mol. The van der Waals surface area contributed by atoms with Crippen molar-refractivity contribution in [2.24, 2.45) is 0 Å². The zero-order valence-electron chi connectivity index (χ0n) is 11.4. The number of benzene rings is 1. The summed E-state index contributed by atoms with van der Waals surface area (Å²) >= 11 is 5.69. The van der Waals surface area contributed by atoms with Gasteiger partial charge in [0.2, 0.25) is 0 Å². The molecule has 0 aliphatic heterocycles. The Morgan fingerprint density at radius 1 is 1.16 bits per heavy atom. The van der Waals surface area contributed by atoms with Crippen molar-refractivity contribution in [3.63, 3.8) is 0 Å². The van der Waals surface area contributed by atoms with Crippen LogP contribution in [-0.4, -0.2) is 13.7 Å². The van der Waals surface area contributed by atoms with Gasteiger partial charge in [0.1, 0.15) is 0 Å². The van der Waals surface area contributed by atoms with Crippen molar-refractivity contribution in [1.82, 2.24) is 0 Å². The first-order valence-electron chi connectivity index (χ1n) is 6.55. The van der Waals surface area contributed by atoms with Gasteiger partial charge < -0.3 is 4.74 Å². The summed E-state index contributed by atoms with van der Waals surface area (Å²) in [6.07, 6.45) is 2.09. The summed E-state index contributed by atoms with van der Waals surface area (Å²) in [5.41, 5.74) is 2.64. The monoisotopic (exact) mass is 338 g/mol. The van der Waals surface area contributed by atoms with Gasteiger partial charge in [0.05, 0.1) is 11.4 Å². The molecule has 0 aliphatic rings. The number of thiophene rings is 1. The molecule has 0 radical (unpaired) electrons. The largest absolute Gasteiger partial charge is 0.384 e. The molecule has 0 bridgehead atoms. The average Bonchev–Trinajstić information content (AvgIpc) is 2.94. The van der Waals surface area contributed by atoms with E-state index in [1.165, 1.54) is 20.9 Å². The predicted octanol–water partition coefficient (Wildman–Crippen LogP) is 4.98. The van der Waals surface area contributed by atoms with Crippen LogP contribution in [-0.2, 0) is 17.6 Å². The van der Waals surface area contributed by atoms with Crippen molar-refractivity contribution in [2.75, 3.05) is 13.7 Å². The zero-order chi connectivity index (χ0) is 13.7. The van der Waals surface area contributed by atoms with Gasteiger partial charge in [0.25, 0.3) is 0 Å². The molecule has 1 heterocycles. The molecule has 0 fully saturated rings. The van der Waals surface area contributed by atoms with Crippen LogP contribution in [0.15, 0.2) is 36.4 Å². The van der Waals surface area contributed by atoms with Gasteiger partial charge in [-0.15, -0.1) is 11.3 Å². The quantitative estimate of drug-likeness (QED) is 0.674. The molecule has 0 amide bonds. The number of hydrogen-bond acceptors (Lipinski definition) is 2. The molecule has 0 saturated carbocycles. The van der Waals surface area contributed by atoms with E-state index in [9.17, 15) is 0 Å². The molecule has 2 rings (SSSR count). The number of ether oxygens (including phenoxy) is 1. The number of aryl methyl sites for hydroxylation is 1. The molecular weight excluding hydrogens is 320 g/mol. The van der Waals surface area contributed by atoms with Gasteiger partial charge in [-0.25, -0.2) is 0 Å². The van der Waals surface area contributed by atoms with E-state index in [0.29, 0.717) is 4.83 Å². The zero-order valence-corrected chi connectivity index (χ0v) is 13.8. The van der Waals surface area contributed by atoms with E-state index in [-0.39, 0.29) is 0 Å². The molecule has 3 heteroatoms. The third-order valence-corrected chi connectivity index (χ3v) is 5.77. The topological polar surface area (TPSA) is 9.23 Å². The standard InChI is InChI=1S/C16H19BrOS/c1-3-14-8-9-15(19-14)16(17)13-6-4-12(5-7-13)10-11-18-2/h4-9,16H,3,10-11H2,1-2H3. The van der Waals surface area contributed by atoms with Gasteiger partial charge in [-0.2, -0.15) is 0 Å². The van der Waals surface area contributed by atoms with Crippen LogP contribution in [0.4, 0.5) is 0 Å². The van der Waals surface area contributed by atoms with Crippen LogP contribution in [0.5, 0.6) is 0 Å². The van der Waals surface area contributed by atoms with Gasteiger partial charge >= 0.3 is 0 Å². The summed E-state index contributed by atoms with van der Waals surface area (Å²) < 4.78 is 5.10. The summed E-state index contributed by atoms with van der Waals surface area (Å²) in [5.74, 6) is 0. The van der Waals surface area contributed by atoms with E-state index in [0.717, 1.165) is 19.4 Å². The third kappa shape index (κ3) is 3.91. The fourth-order valence-electron chi connectivity index (χ4n) is 1.96. The molecule has 102 valence electrons. The minimum Gasteiger partial charge on any atom is -0.384 e. The maximum atomic E-state index is 5.10. The van der Waals surface area contributed by atoms with E-state index in [2.05, 4.69) is 59.3 Å². The Labute approximate surface area is 127 Å². The summed E-state index contributed by atoms with van der Waals surface area (Å²) in [6, 6.07) is 13.2. The lowest BCUT2D eigenvalue weighted by Crippen LogP contribution is -1.95. The molecule has 2 aromatic rings. The summed E-state index contributed by atoms with van der Waals surface area (Å²) in [5, 5.41) is 0. The maximum absolute atomic E-state index is 5.10. The van der Waals surface area contributed by atoms with Crippen LogP contribution in [0.25, 0.3) is 0 Å². The van der Waals surface area contributed by atoms with Crippen molar-refractivity contribution >= 4 is 27.3 Å². The molecule has 0 spiro atoms. The number of halogens is 1. The highest BCUT2D eigenvalue weighted by Crippen LogP contribution is 2.35. The Hall–Kier alpha value is -0.640. The van der Waals surface area contributed by atoms with E-state index >= 15 is 0 Å². The van der Waals surface area contributed by atoms with Gasteiger partial charge in [-0.3, -0.25) is 0 Å². The molecule has 0 N–H and O–H groups in total. The summed E-state index contributed by atoms with van der Waals surface area (Å²) in [7, 11) is 1.74. The number of methoxy groups -OCH3 is 1. The first-order valence-corrected chi connectivity index (χ1v) is 8.28. The van der Waals surface area contributed by atoms with E-state index in [1.807, 2.05) is 11.3 Å². The minimum atomic E-state index is 0.300. The van der Waals surface area contributed by atoms with Gasteiger partial charge in [-0.05, 0) is 36.1 Å². The minimum absolute atomic E-state index is 0.300. The van der Waals surface area contributed by atoms with Crippen LogP contribution in [0, 0.1) is 0 Å². The lowest BCUT2D eigenvalue weighted by Gasteiger charge is -2.09. The Bertz CT molecular complexity index is 504. The highest BCUT2D eigenvalue weighted by Gasteiger charge is 2.12. The Balaban J connectivity index is 2.08. The number of alkyl halides is 1. The van der Waals surface area contributed by atoms with E-state index < -0.39 is 0 Å². The van der Waals surface area contributed by atoms with Crippen molar-refractivity contribution in [3.8, 4) is 0 Å². The SMILES string of the molecule is CCc1ccc(C(Br)c2ccc(CCOC)cc2)s1. The summed E-state index contributed by atoms with van der Waals surface area (Å²) in [4.78, 5) is 3.12. The first kappa shape index (κ1) is 14.8. The van der Waals surface area contributed by atoms with Gasteiger partial charge in [0.15, 0.2) is 0 Å². The lowest BCUT2D eigenvalue weighted by atomic mass is 10.1. The third-order valence-electron chi connectivity index (χ3n) is 3.15. The van der Waals surface area contributed by atoms with Crippen molar-refractivity contribution in [3.05, 3.63) is 57.3 Å². The molecule has 1 unspecified atom stereocenters. The van der Waals surface area contributed by atoms with Gasteiger partial charge in [-0.1, -0.05) is 47.1 Å². The average molecular weight is 339 g/mol. The van der Waals surface area contributed by atoms with Gasteiger partial charge in [0, 0.05) is 16.9 Å². The second-order valence-corrected chi connectivity index (χ2v) is 6.62. The second-order valence-electron chi connectivity index (χ2n) is 4.50. The first-order chi connectivity index (χ1) is 9.24. The highest BCUT2D eigenvalue weighted by atomic mass is 79.9. The molecule has 1 atom stereocenters. The molecular formula is C16H19BrOS. The maximum Gasteiger partial charge on any atom is 0.0738 e. The number of rotatable bonds is 6. The van der Waals surface area contributed by atoms with Crippen LogP contribution < -0.4 is 0 Å². The summed E-state index contributed by atoms with van der Waals surface area (Å²) in [6.45, 7) is 2.98. The van der Waals surface area contributed by atoms with Crippen LogP contribution in [0.2, 0.25) is 0 Å². The van der Waals surface area contributed by atoms with Crippen LogP contribution in [0.3, 0.4) is 0 Å². The second kappa shape index (κ2) is 7.22. The van der Waals surface area contributed by atoms with Crippen molar-refractivity contribution in [1.29, 1.82) is 0 Å². The molecule has 0 aliphatic carbocycles. The smallest absolute Gasteiger partial charge is 0.0738 e. The van der Waals surface area contributed by atoms with E-state index in [4.69, 9.17) is 4.74 Å². The molecule has 0 saturated heterocycles.